The Balaban J connectivity index is 2.36. The predicted octanol–water partition coefficient (Wildman–Crippen LogP) is 4.58. The van der Waals surface area contributed by atoms with Gasteiger partial charge in [0.2, 0.25) is 0 Å². The maximum atomic E-state index is 12.6. The van der Waals surface area contributed by atoms with Gasteiger partial charge in [-0.05, 0) is 39.0 Å². The summed E-state index contributed by atoms with van der Waals surface area (Å²) in [6.07, 6.45) is 0. The number of thiophene rings is 1. The Bertz CT molecular complexity index is 703. The van der Waals surface area contributed by atoms with E-state index >= 15 is 0 Å². The summed E-state index contributed by atoms with van der Waals surface area (Å²) in [5.41, 5.74) is 0.729. The van der Waals surface area contributed by atoms with Crippen molar-refractivity contribution in [3.8, 4) is 0 Å². The Hall–Kier alpha value is -0.690. The Morgan fingerprint density at radius 2 is 1.71 bits per heavy atom. The van der Waals surface area contributed by atoms with Crippen molar-refractivity contribution < 1.29 is 8.42 Å². The van der Waals surface area contributed by atoms with Gasteiger partial charge in [-0.2, -0.15) is 0 Å². The van der Waals surface area contributed by atoms with E-state index in [0.717, 1.165) is 9.35 Å². The third-order valence-electron chi connectivity index (χ3n) is 3.09. The Morgan fingerprint density at radius 1 is 1.10 bits per heavy atom. The third kappa shape index (κ3) is 4.16. The van der Waals surface area contributed by atoms with Crippen LogP contribution < -0.4 is 4.72 Å². The summed E-state index contributed by atoms with van der Waals surface area (Å²) in [5.74, 6) is 0. The molecule has 1 aromatic carbocycles. The second-order valence-corrected chi connectivity index (χ2v) is 10.3. The summed E-state index contributed by atoms with van der Waals surface area (Å²) >= 11 is 4.51. The highest BCUT2D eigenvalue weighted by Gasteiger charge is 2.31. The fourth-order valence-corrected chi connectivity index (χ4v) is 5.50. The van der Waals surface area contributed by atoms with E-state index in [1.165, 1.54) is 11.3 Å². The van der Waals surface area contributed by atoms with E-state index in [9.17, 15) is 8.42 Å². The minimum absolute atomic E-state index is 0.233. The zero-order chi connectivity index (χ0) is 15.7. The second kappa shape index (κ2) is 6.20. The standard InChI is InChI=1S/C15H18BrNO2S2/c1-15(2,3)14(11-7-5-4-6-8-11)17-21(18,19)13-10-9-12(16)20-13/h4-10,14,17H,1-3H3. The fourth-order valence-electron chi connectivity index (χ4n) is 2.05. The van der Waals surface area contributed by atoms with E-state index in [1.807, 2.05) is 51.1 Å². The normalized spacial score (nSPS) is 14.1. The minimum atomic E-state index is -3.53. The van der Waals surface area contributed by atoms with Crippen LogP contribution in [-0.2, 0) is 10.0 Å². The number of rotatable bonds is 4. The van der Waals surface area contributed by atoms with Crippen molar-refractivity contribution in [2.45, 2.75) is 31.0 Å². The molecule has 1 heterocycles. The van der Waals surface area contributed by atoms with Gasteiger partial charge < -0.3 is 0 Å². The monoisotopic (exact) mass is 387 g/mol. The SMILES string of the molecule is CC(C)(C)C(NS(=O)(=O)c1ccc(Br)s1)c1ccccc1. The van der Waals surface area contributed by atoms with Crippen LogP contribution in [0.4, 0.5) is 0 Å². The van der Waals surface area contributed by atoms with Crippen molar-refractivity contribution in [2.75, 3.05) is 0 Å². The second-order valence-electron chi connectivity index (χ2n) is 5.89. The average molecular weight is 388 g/mol. The van der Waals surface area contributed by atoms with Gasteiger partial charge in [-0.15, -0.1) is 11.3 Å². The molecule has 0 spiro atoms. The van der Waals surface area contributed by atoms with E-state index in [2.05, 4.69) is 20.7 Å². The van der Waals surface area contributed by atoms with E-state index < -0.39 is 10.0 Å². The van der Waals surface area contributed by atoms with Crippen molar-refractivity contribution >= 4 is 37.3 Å². The lowest BCUT2D eigenvalue weighted by atomic mass is 9.83. The van der Waals surface area contributed by atoms with E-state index in [1.54, 1.807) is 12.1 Å². The van der Waals surface area contributed by atoms with Crippen LogP contribution in [0.2, 0.25) is 0 Å². The molecule has 0 fully saturated rings. The number of benzene rings is 1. The van der Waals surface area contributed by atoms with Crippen molar-refractivity contribution in [1.29, 1.82) is 0 Å². The van der Waals surface area contributed by atoms with Crippen LogP contribution in [0.3, 0.4) is 0 Å². The predicted molar refractivity (Wildman–Crippen MR) is 91.0 cm³/mol. The fraction of sp³-hybridized carbons (Fsp3) is 0.333. The van der Waals surface area contributed by atoms with Gasteiger partial charge in [-0.3, -0.25) is 0 Å². The summed E-state index contributed by atoms with van der Waals surface area (Å²) in [6.45, 7) is 6.08. The van der Waals surface area contributed by atoms with Gasteiger partial charge in [0.25, 0.3) is 10.0 Å². The lowest BCUT2D eigenvalue weighted by molar-refractivity contribution is 0.304. The highest BCUT2D eigenvalue weighted by molar-refractivity contribution is 9.11. The van der Waals surface area contributed by atoms with E-state index in [4.69, 9.17) is 0 Å². The molecule has 0 saturated carbocycles. The number of hydrogen-bond donors (Lipinski definition) is 1. The first-order valence-corrected chi connectivity index (χ1v) is 9.62. The Labute approximate surface area is 138 Å². The summed E-state index contributed by atoms with van der Waals surface area (Å²) in [7, 11) is -3.53. The molecular formula is C15H18BrNO2S2. The van der Waals surface area contributed by atoms with Crippen LogP contribution in [0.1, 0.15) is 32.4 Å². The number of halogens is 1. The molecule has 0 amide bonds. The highest BCUT2D eigenvalue weighted by Crippen LogP contribution is 2.35. The van der Waals surface area contributed by atoms with Gasteiger partial charge in [-0.25, -0.2) is 13.1 Å². The molecule has 0 bridgehead atoms. The molecule has 3 nitrogen and oxygen atoms in total. The zero-order valence-corrected chi connectivity index (χ0v) is 15.3. The van der Waals surface area contributed by atoms with E-state index in [-0.39, 0.29) is 11.5 Å². The van der Waals surface area contributed by atoms with Crippen LogP contribution in [0.5, 0.6) is 0 Å². The first-order valence-electron chi connectivity index (χ1n) is 6.53. The Morgan fingerprint density at radius 3 is 2.19 bits per heavy atom. The summed E-state index contributed by atoms with van der Waals surface area (Å²) in [5, 5.41) is 0. The topological polar surface area (TPSA) is 46.2 Å². The number of sulfonamides is 1. The minimum Gasteiger partial charge on any atom is -0.206 e. The molecule has 1 aromatic heterocycles. The quantitative estimate of drug-likeness (QED) is 0.834. The van der Waals surface area contributed by atoms with E-state index in [0.29, 0.717) is 4.21 Å². The van der Waals surface area contributed by atoms with Crippen molar-refractivity contribution in [3.63, 3.8) is 0 Å². The first kappa shape index (κ1) is 16.7. The van der Waals surface area contributed by atoms with Gasteiger partial charge in [0.1, 0.15) is 4.21 Å². The van der Waals surface area contributed by atoms with Gasteiger partial charge in [0.05, 0.1) is 9.83 Å². The zero-order valence-electron chi connectivity index (χ0n) is 12.1. The Kier molecular flexibility index (Phi) is 4.92. The number of nitrogens with one attached hydrogen (secondary N) is 1. The molecular weight excluding hydrogens is 370 g/mol. The molecule has 0 aliphatic heterocycles. The maximum Gasteiger partial charge on any atom is 0.250 e. The molecule has 21 heavy (non-hydrogen) atoms. The third-order valence-corrected chi connectivity index (χ3v) is 6.62. The molecule has 2 aromatic rings. The molecule has 0 aliphatic rings. The van der Waals surface area contributed by atoms with Gasteiger partial charge in [0.15, 0.2) is 0 Å². The van der Waals surface area contributed by atoms with Gasteiger partial charge in [-0.1, -0.05) is 51.1 Å². The summed E-state index contributed by atoms with van der Waals surface area (Å²) in [4.78, 5) is 0. The average Bonchev–Trinajstić information content (AvgIpc) is 2.83. The lowest BCUT2D eigenvalue weighted by Gasteiger charge is -2.31. The van der Waals surface area contributed by atoms with Gasteiger partial charge in [0, 0.05) is 0 Å². The summed E-state index contributed by atoms with van der Waals surface area (Å²) < 4.78 is 29.1. The lowest BCUT2D eigenvalue weighted by Crippen LogP contribution is -2.36. The molecule has 1 N–H and O–H groups in total. The highest BCUT2D eigenvalue weighted by atomic mass is 79.9. The summed E-state index contributed by atoms with van der Waals surface area (Å²) in [6, 6.07) is 12.7. The van der Waals surface area contributed by atoms with Crippen molar-refractivity contribution in [1.82, 2.24) is 4.72 Å². The smallest absolute Gasteiger partial charge is 0.206 e. The van der Waals surface area contributed by atoms with Gasteiger partial charge >= 0.3 is 0 Å². The van der Waals surface area contributed by atoms with Crippen molar-refractivity contribution in [2.24, 2.45) is 5.41 Å². The molecule has 0 aliphatic carbocycles. The molecule has 114 valence electrons. The molecule has 1 unspecified atom stereocenters. The van der Waals surface area contributed by atoms with Crippen LogP contribution >= 0.6 is 27.3 Å². The molecule has 0 saturated heterocycles. The van der Waals surface area contributed by atoms with Crippen LogP contribution in [0.15, 0.2) is 50.5 Å². The van der Waals surface area contributed by atoms with Crippen LogP contribution in [-0.4, -0.2) is 8.42 Å². The maximum absolute atomic E-state index is 12.6. The van der Waals surface area contributed by atoms with Crippen LogP contribution in [0, 0.1) is 5.41 Å². The molecule has 1 atom stereocenters. The number of hydrogen-bond acceptors (Lipinski definition) is 3. The van der Waals surface area contributed by atoms with Crippen LogP contribution in [0.25, 0.3) is 0 Å². The largest absolute Gasteiger partial charge is 0.250 e. The first-order chi connectivity index (χ1) is 9.70. The van der Waals surface area contributed by atoms with Crippen molar-refractivity contribution in [3.05, 3.63) is 51.8 Å². The molecule has 2 rings (SSSR count). The molecule has 6 heteroatoms. The molecule has 0 radical (unpaired) electrons.